The van der Waals surface area contributed by atoms with Crippen LogP contribution in [0.5, 0.6) is 11.5 Å². The van der Waals surface area contributed by atoms with Crippen LogP contribution in [0.3, 0.4) is 0 Å². The van der Waals surface area contributed by atoms with Crippen LogP contribution >= 0.6 is 0 Å². The number of hydrogen-bond donors (Lipinski definition) is 2. The summed E-state index contributed by atoms with van der Waals surface area (Å²) >= 11 is 0. The first kappa shape index (κ1) is 15.5. The maximum atomic E-state index is 12.9. The second-order valence-corrected chi connectivity index (χ2v) is 4.48. The third kappa shape index (κ3) is 3.43. The number of carbonyl (C=O) groups is 2. The minimum Gasteiger partial charge on any atom is -0.502 e. The topological polar surface area (TPSA) is 96.3 Å². The molecule has 0 bridgehead atoms. The van der Waals surface area contributed by atoms with Gasteiger partial charge in [0.25, 0.3) is 5.91 Å². The van der Waals surface area contributed by atoms with Crippen molar-refractivity contribution in [2.24, 2.45) is 0 Å². The largest absolute Gasteiger partial charge is 0.586 e. The standard InChI is InChI=1S/C13H11F2NO6/c1-16(11(18)5-8(17)12(19)20)6-7-2-3-9-10(4-7)22-13(14,15)21-9/h2-5,17H,6H2,1H3,(H,19,20). The van der Waals surface area contributed by atoms with Gasteiger partial charge >= 0.3 is 12.3 Å². The number of alkyl halides is 2. The molecule has 2 rings (SSSR count). The number of likely N-dealkylation sites (N-methyl/N-ethyl adjacent to an activating group) is 1. The Kier molecular flexibility index (Phi) is 3.89. The summed E-state index contributed by atoms with van der Waals surface area (Å²) in [6, 6.07) is 4.00. The average Bonchev–Trinajstić information content (AvgIpc) is 2.71. The zero-order valence-corrected chi connectivity index (χ0v) is 11.2. The van der Waals surface area contributed by atoms with Crippen molar-refractivity contribution in [3.63, 3.8) is 0 Å². The highest BCUT2D eigenvalue weighted by Gasteiger charge is 2.43. The number of benzene rings is 1. The molecule has 9 heteroatoms. The highest BCUT2D eigenvalue weighted by atomic mass is 19.3. The van der Waals surface area contributed by atoms with Gasteiger partial charge in [0.05, 0.1) is 6.08 Å². The molecular formula is C13H11F2NO6. The van der Waals surface area contributed by atoms with Crippen LogP contribution in [0.15, 0.2) is 30.0 Å². The Bertz CT molecular complexity index is 658. The molecule has 118 valence electrons. The number of fused-ring (bicyclic) bond motifs is 1. The molecule has 1 aromatic carbocycles. The molecule has 0 radical (unpaired) electrons. The van der Waals surface area contributed by atoms with Gasteiger partial charge in [0.2, 0.25) is 5.76 Å². The average molecular weight is 315 g/mol. The minimum atomic E-state index is -3.72. The Balaban J connectivity index is 2.08. The predicted octanol–water partition coefficient (Wildman–Crippen LogP) is 1.49. The Labute approximate surface area is 123 Å². The highest BCUT2D eigenvalue weighted by molar-refractivity contribution is 5.95. The maximum Gasteiger partial charge on any atom is 0.586 e. The van der Waals surface area contributed by atoms with Crippen molar-refractivity contribution >= 4 is 11.9 Å². The van der Waals surface area contributed by atoms with Crippen LogP contribution in [0.4, 0.5) is 8.78 Å². The number of aliphatic hydroxyl groups excluding tert-OH is 1. The molecule has 2 N–H and O–H groups in total. The van der Waals surface area contributed by atoms with Crippen LogP contribution in [-0.4, -0.2) is 40.3 Å². The molecule has 0 saturated heterocycles. The van der Waals surface area contributed by atoms with E-state index in [1.54, 1.807) is 0 Å². The molecule has 0 spiro atoms. The van der Waals surface area contributed by atoms with Crippen LogP contribution in [-0.2, 0) is 16.1 Å². The quantitative estimate of drug-likeness (QED) is 0.645. The number of ether oxygens (including phenoxy) is 2. The summed E-state index contributed by atoms with van der Waals surface area (Å²) in [4.78, 5) is 23.2. The number of amides is 1. The number of halogens is 2. The van der Waals surface area contributed by atoms with E-state index in [2.05, 4.69) is 9.47 Å². The fraction of sp³-hybridized carbons (Fsp3) is 0.231. The third-order valence-corrected chi connectivity index (χ3v) is 2.74. The lowest BCUT2D eigenvalue weighted by atomic mass is 10.2. The molecule has 1 amide bonds. The number of carboxylic acids is 1. The molecule has 22 heavy (non-hydrogen) atoms. The Hall–Kier alpha value is -2.84. The molecule has 0 aliphatic carbocycles. The van der Waals surface area contributed by atoms with E-state index in [9.17, 15) is 18.4 Å². The summed E-state index contributed by atoms with van der Waals surface area (Å²) in [6.07, 6.45) is -3.18. The minimum absolute atomic E-state index is 0.00948. The molecule has 1 heterocycles. The number of aliphatic carboxylic acids is 1. The molecule has 0 unspecified atom stereocenters. The van der Waals surface area contributed by atoms with E-state index in [0.717, 1.165) is 4.90 Å². The van der Waals surface area contributed by atoms with E-state index in [0.29, 0.717) is 11.6 Å². The Morgan fingerprint density at radius 3 is 2.55 bits per heavy atom. The number of aliphatic hydroxyl groups is 1. The lowest BCUT2D eigenvalue weighted by molar-refractivity contribution is -0.286. The second kappa shape index (κ2) is 5.51. The highest BCUT2D eigenvalue weighted by Crippen LogP contribution is 2.41. The van der Waals surface area contributed by atoms with Gasteiger partial charge in [-0.15, -0.1) is 8.78 Å². The van der Waals surface area contributed by atoms with Crippen molar-refractivity contribution in [1.29, 1.82) is 0 Å². The van der Waals surface area contributed by atoms with E-state index < -0.39 is 23.9 Å². The molecule has 0 atom stereocenters. The zero-order valence-electron chi connectivity index (χ0n) is 11.2. The van der Waals surface area contributed by atoms with Gasteiger partial charge in [0.1, 0.15) is 0 Å². The van der Waals surface area contributed by atoms with Gasteiger partial charge in [-0.1, -0.05) is 6.07 Å². The smallest absolute Gasteiger partial charge is 0.502 e. The first-order valence-electron chi connectivity index (χ1n) is 5.96. The van der Waals surface area contributed by atoms with E-state index in [-0.39, 0.29) is 18.0 Å². The molecule has 0 aromatic heterocycles. The van der Waals surface area contributed by atoms with Gasteiger partial charge in [-0.25, -0.2) is 4.79 Å². The van der Waals surface area contributed by atoms with Crippen LogP contribution in [0.1, 0.15) is 5.56 Å². The molecule has 7 nitrogen and oxygen atoms in total. The van der Waals surface area contributed by atoms with Crippen LogP contribution in [0.25, 0.3) is 0 Å². The number of nitrogens with zero attached hydrogens (tertiary/aromatic N) is 1. The van der Waals surface area contributed by atoms with Crippen LogP contribution in [0, 0.1) is 0 Å². The van der Waals surface area contributed by atoms with E-state index >= 15 is 0 Å². The summed E-state index contributed by atoms with van der Waals surface area (Å²) in [5.41, 5.74) is 0.458. The monoisotopic (exact) mass is 315 g/mol. The number of rotatable bonds is 4. The molecular weight excluding hydrogens is 304 g/mol. The lowest BCUT2D eigenvalue weighted by Crippen LogP contribution is -2.26. The van der Waals surface area contributed by atoms with Crippen LogP contribution in [0.2, 0.25) is 0 Å². The van der Waals surface area contributed by atoms with Crippen molar-refractivity contribution in [2.45, 2.75) is 12.8 Å². The summed E-state index contributed by atoms with van der Waals surface area (Å²) in [6.45, 7) is -0.00948. The molecule has 1 aliphatic rings. The van der Waals surface area contributed by atoms with Gasteiger partial charge in [-0.05, 0) is 17.7 Å². The first-order valence-corrected chi connectivity index (χ1v) is 5.96. The summed E-state index contributed by atoms with van der Waals surface area (Å²) in [7, 11) is 1.35. The Morgan fingerprint density at radius 1 is 1.27 bits per heavy atom. The first-order chi connectivity index (χ1) is 10.2. The fourth-order valence-electron chi connectivity index (χ4n) is 1.73. The van der Waals surface area contributed by atoms with Gasteiger partial charge < -0.3 is 24.6 Å². The summed E-state index contributed by atoms with van der Waals surface area (Å²) in [5.74, 6) is -3.77. The van der Waals surface area contributed by atoms with Gasteiger partial charge in [0, 0.05) is 13.6 Å². The third-order valence-electron chi connectivity index (χ3n) is 2.74. The molecule has 1 aliphatic heterocycles. The van der Waals surface area contributed by atoms with Crippen molar-refractivity contribution in [1.82, 2.24) is 4.90 Å². The number of carboxylic acid groups (broad SMARTS) is 1. The molecule has 1 aromatic rings. The van der Waals surface area contributed by atoms with Crippen LogP contribution < -0.4 is 9.47 Å². The van der Waals surface area contributed by atoms with E-state index in [1.807, 2.05) is 0 Å². The lowest BCUT2D eigenvalue weighted by Gasteiger charge is -2.15. The predicted molar refractivity (Wildman–Crippen MR) is 67.5 cm³/mol. The van der Waals surface area contributed by atoms with Crippen molar-refractivity contribution < 1.29 is 38.1 Å². The van der Waals surface area contributed by atoms with Gasteiger partial charge in [-0.2, -0.15) is 0 Å². The van der Waals surface area contributed by atoms with Gasteiger partial charge in [0.15, 0.2) is 11.5 Å². The normalized spacial score (nSPS) is 15.5. The van der Waals surface area contributed by atoms with Crippen molar-refractivity contribution in [3.8, 4) is 11.5 Å². The SMILES string of the molecule is CN(Cc1ccc2c(c1)OC(F)(F)O2)C(=O)C=C(O)C(=O)O. The number of carbonyl (C=O) groups excluding carboxylic acids is 1. The van der Waals surface area contributed by atoms with E-state index in [1.165, 1.54) is 25.2 Å². The van der Waals surface area contributed by atoms with Gasteiger partial charge in [-0.3, -0.25) is 4.79 Å². The maximum absolute atomic E-state index is 12.9. The van der Waals surface area contributed by atoms with E-state index in [4.69, 9.17) is 10.2 Å². The van der Waals surface area contributed by atoms with Crippen molar-refractivity contribution in [2.75, 3.05) is 7.05 Å². The number of hydrogen-bond acceptors (Lipinski definition) is 5. The zero-order chi connectivity index (χ0) is 16.5. The molecule has 0 fully saturated rings. The molecule has 0 saturated carbocycles. The summed E-state index contributed by atoms with van der Waals surface area (Å²) in [5, 5.41) is 17.5. The van der Waals surface area contributed by atoms with Crippen molar-refractivity contribution in [3.05, 3.63) is 35.6 Å². The Morgan fingerprint density at radius 2 is 1.91 bits per heavy atom. The fourth-order valence-corrected chi connectivity index (χ4v) is 1.73. The summed E-state index contributed by atoms with van der Waals surface area (Å²) < 4.78 is 34.3. The second-order valence-electron chi connectivity index (χ2n) is 4.48.